The third kappa shape index (κ3) is 3.67. The monoisotopic (exact) mass is 443 g/mol. The van der Waals surface area contributed by atoms with Crippen LogP contribution in [-0.4, -0.2) is 39.1 Å². The van der Waals surface area contributed by atoms with Crippen molar-refractivity contribution in [2.24, 2.45) is 5.73 Å². The van der Waals surface area contributed by atoms with E-state index in [1.807, 2.05) is 12.1 Å². The molecule has 33 heavy (non-hydrogen) atoms. The standard InChI is InChI=1S/C12H10N2O3.C12H7NO3/c13-11(15)8-5-1-3-7-4-2-6-9(10(7)8)12(16)14-17;14-11-9-6-5-7-3-1-2-4-8(7)10(9)12(15)13(11)16/h1-6,17H,(H2,13,15)(H,14,16);1-6,16H. The molecule has 0 fully saturated rings. The number of nitrogens with one attached hydrogen (secondary N) is 1. The highest BCUT2D eigenvalue weighted by atomic mass is 16.5. The van der Waals surface area contributed by atoms with Gasteiger partial charge >= 0.3 is 0 Å². The number of nitrogens with zero attached hydrogens (tertiary/aromatic N) is 1. The molecule has 5 rings (SSSR count). The normalized spacial score (nSPS) is 12.4. The topological polar surface area (TPSA) is 150 Å². The number of hydroxylamine groups is 3. The Morgan fingerprint density at radius 1 is 0.788 bits per heavy atom. The van der Waals surface area contributed by atoms with Crippen LogP contribution in [0.3, 0.4) is 0 Å². The third-order valence-corrected chi connectivity index (χ3v) is 5.27. The molecular weight excluding hydrogens is 426 g/mol. The zero-order chi connectivity index (χ0) is 23.7. The second-order valence-corrected chi connectivity index (χ2v) is 7.15. The van der Waals surface area contributed by atoms with E-state index >= 15 is 0 Å². The first-order valence-electron chi connectivity index (χ1n) is 9.70. The number of primary amides is 1. The van der Waals surface area contributed by atoms with Gasteiger partial charge in [0.2, 0.25) is 5.91 Å². The summed E-state index contributed by atoms with van der Waals surface area (Å²) in [6.45, 7) is 0. The van der Waals surface area contributed by atoms with Gasteiger partial charge in [0.1, 0.15) is 0 Å². The predicted molar refractivity (Wildman–Crippen MR) is 118 cm³/mol. The lowest BCUT2D eigenvalue weighted by Gasteiger charge is -2.07. The van der Waals surface area contributed by atoms with E-state index in [0.29, 0.717) is 16.2 Å². The first kappa shape index (κ1) is 21.6. The molecule has 0 radical (unpaired) electrons. The number of carbonyl (C=O) groups excluding carboxylic acids is 4. The van der Waals surface area contributed by atoms with Crippen molar-refractivity contribution in [1.82, 2.24) is 10.5 Å². The molecule has 9 nitrogen and oxygen atoms in total. The Bertz CT molecular complexity index is 1460. The van der Waals surface area contributed by atoms with Crippen molar-refractivity contribution in [1.29, 1.82) is 0 Å². The fourth-order valence-electron chi connectivity index (χ4n) is 3.79. The van der Waals surface area contributed by atoms with Crippen LogP contribution in [0.25, 0.3) is 21.5 Å². The van der Waals surface area contributed by atoms with E-state index in [9.17, 15) is 24.4 Å². The number of amides is 4. The van der Waals surface area contributed by atoms with E-state index in [4.69, 9.17) is 10.9 Å². The fraction of sp³-hybridized carbons (Fsp3) is 0. The lowest BCUT2D eigenvalue weighted by atomic mass is 9.98. The first-order chi connectivity index (χ1) is 15.8. The number of rotatable bonds is 2. The van der Waals surface area contributed by atoms with Gasteiger partial charge in [-0.15, -0.1) is 5.06 Å². The minimum Gasteiger partial charge on any atom is -0.366 e. The highest BCUT2D eigenvalue weighted by Crippen LogP contribution is 2.29. The maximum Gasteiger partial charge on any atom is 0.286 e. The number of benzene rings is 4. The second kappa shape index (κ2) is 8.50. The van der Waals surface area contributed by atoms with E-state index in [1.165, 1.54) is 6.07 Å². The van der Waals surface area contributed by atoms with Crippen LogP contribution >= 0.6 is 0 Å². The number of carbonyl (C=O) groups is 4. The zero-order valence-electron chi connectivity index (χ0n) is 17.0. The van der Waals surface area contributed by atoms with Crippen molar-refractivity contribution in [2.75, 3.05) is 0 Å². The Balaban J connectivity index is 0.000000157. The molecule has 0 aromatic heterocycles. The quantitative estimate of drug-likeness (QED) is 0.213. The van der Waals surface area contributed by atoms with Crippen molar-refractivity contribution < 1.29 is 29.6 Å². The molecule has 0 saturated carbocycles. The van der Waals surface area contributed by atoms with Crippen molar-refractivity contribution in [3.8, 4) is 0 Å². The van der Waals surface area contributed by atoms with Crippen LogP contribution in [0.15, 0.2) is 72.8 Å². The van der Waals surface area contributed by atoms with Gasteiger partial charge in [-0.2, -0.15) is 0 Å². The molecule has 5 N–H and O–H groups in total. The Morgan fingerprint density at radius 3 is 2.09 bits per heavy atom. The van der Waals surface area contributed by atoms with Crippen LogP contribution in [0.4, 0.5) is 0 Å². The highest BCUT2D eigenvalue weighted by Gasteiger charge is 2.36. The first-order valence-corrected chi connectivity index (χ1v) is 9.70. The molecule has 0 spiro atoms. The van der Waals surface area contributed by atoms with Crippen LogP contribution in [-0.2, 0) is 0 Å². The predicted octanol–water partition coefficient (Wildman–Crippen LogP) is 2.88. The summed E-state index contributed by atoms with van der Waals surface area (Å²) in [7, 11) is 0. The maximum atomic E-state index is 11.7. The Hall–Kier alpha value is -4.60. The van der Waals surface area contributed by atoms with E-state index in [2.05, 4.69) is 0 Å². The molecule has 4 amide bonds. The van der Waals surface area contributed by atoms with Crippen LogP contribution in [0.5, 0.6) is 0 Å². The number of fused-ring (bicyclic) bond motifs is 4. The largest absolute Gasteiger partial charge is 0.366 e. The van der Waals surface area contributed by atoms with Crippen molar-refractivity contribution in [3.05, 3.63) is 95.1 Å². The number of imide groups is 1. The van der Waals surface area contributed by atoms with E-state index in [1.54, 1.807) is 60.1 Å². The summed E-state index contributed by atoms with van der Waals surface area (Å²) in [5.41, 5.74) is 7.80. The van der Waals surface area contributed by atoms with E-state index < -0.39 is 23.6 Å². The Kier molecular flexibility index (Phi) is 5.57. The van der Waals surface area contributed by atoms with Crippen molar-refractivity contribution >= 4 is 45.2 Å². The van der Waals surface area contributed by atoms with Crippen LogP contribution in [0.1, 0.15) is 41.4 Å². The third-order valence-electron chi connectivity index (χ3n) is 5.27. The lowest BCUT2D eigenvalue weighted by molar-refractivity contribution is -0.0326. The minimum atomic E-state index is -0.677. The fourth-order valence-corrected chi connectivity index (χ4v) is 3.79. The maximum absolute atomic E-state index is 11.7. The lowest BCUT2D eigenvalue weighted by Crippen LogP contribution is -2.25. The van der Waals surface area contributed by atoms with Crippen LogP contribution < -0.4 is 11.2 Å². The van der Waals surface area contributed by atoms with E-state index in [0.717, 1.165) is 5.39 Å². The zero-order valence-corrected chi connectivity index (χ0v) is 17.0. The second-order valence-electron chi connectivity index (χ2n) is 7.15. The molecule has 1 aliphatic heterocycles. The molecule has 0 saturated heterocycles. The van der Waals surface area contributed by atoms with Gasteiger partial charge in [0.15, 0.2) is 0 Å². The molecule has 1 aliphatic rings. The van der Waals surface area contributed by atoms with Gasteiger partial charge in [-0.05, 0) is 34.4 Å². The summed E-state index contributed by atoms with van der Waals surface area (Å²) >= 11 is 0. The van der Waals surface area contributed by atoms with Gasteiger partial charge in [0, 0.05) is 10.9 Å². The molecular formula is C24H17N3O6. The number of hydrogen-bond donors (Lipinski definition) is 4. The molecule has 4 aromatic carbocycles. The van der Waals surface area contributed by atoms with Gasteiger partial charge in [-0.3, -0.25) is 29.6 Å². The van der Waals surface area contributed by atoms with Crippen LogP contribution in [0, 0.1) is 0 Å². The molecule has 0 unspecified atom stereocenters. The van der Waals surface area contributed by atoms with Gasteiger partial charge in [-0.1, -0.05) is 54.6 Å². The minimum absolute atomic E-state index is 0.164. The molecule has 0 aliphatic carbocycles. The summed E-state index contributed by atoms with van der Waals surface area (Å²) in [5.74, 6) is -2.61. The number of nitrogens with two attached hydrogens (primary N) is 1. The molecule has 4 aromatic rings. The SMILES string of the molecule is NC(=O)c1cccc2cccc(C(=O)NO)c12.O=C1c2ccc3ccccc3c2C(=O)N1O. The summed E-state index contributed by atoms with van der Waals surface area (Å²) in [6.07, 6.45) is 0. The summed E-state index contributed by atoms with van der Waals surface area (Å²) in [5, 5.41) is 20.8. The Labute approximate surface area is 186 Å². The number of hydrogen-bond acceptors (Lipinski definition) is 6. The molecule has 0 atom stereocenters. The smallest absolute Gasteiger partial charge is 0.286 e. The summed E-state index contributed by atoms with van der Waals surface area (Å²) in [4.78, 5) is 46.0. The van der Waals surface area contributed by atoms with Gasteiger partial charge < -0.3 is 5.73 Å². The van der Waals surface area contributed by atoms with E-state index in [-0.39, 0.29) is 27.3 Å². The van der Waals surface area contributed by atoms with Crippen molar-refractivity contribution in [3.63, 3.8) is 0 Å². The van der Waals surface area contributed by atoms with Gasteiger partial charge in [0.25, 0.3) is 17.7 Å². The van der Waals surface area contributed by atoms with Gasteiger partial charge in [-0.25, -0.2) is 5.48 Å². The average molecular weight is 443 g/mol. The highest BCUT2D eigenvalue weighted by molar-refractivity contribution is 6.25. The summed E-state index contributed by atoms with van der Waals surface area (Å²) < 4.78 is 0. The average Bonchev–Trinajstić information content (AvgIpc) is 3.07. The molecule has 1 heterocycles. The van der Waals surface area contributed by atoms with Crippen molar-refractivity contribution in [2.45, 2.75) is 0 Å². The Morgan fingerprint density at radius 2 is 1.42 bits per heavy atom. The molecule has 0 bridgehead atoms. The molecule has 164 valence electrons. The summed E-state index contributed by atoms with van der Waals surface area (Å²) in [6, 6.07) is 20.5. The molecule has 9 heteroatoms. The van der Waals surface area contributed by atoms with Crippen LogP contribution in [0.2, 0.25) is 0 Å². The van der Waals surface area contributed by atoms with Gasteiger partial charge in [0.05, 0.1) is 16.7 Å².